The van der Waals surface area contributed by atoms with Gasteiger partial charge in [0.1, 0.15) is 0 Å². The van der Waals surface area contributed by atoms with Crippen molar-refractivity contribution in [3.8, 4) is 11.1 Å². The van der Waals surface area contributed by atoms with Crippen molar-refractivity contribution in [1.82, 2.24) is 0 Å². The van der Waals surface area contributed by atoms with Crippen LogP contribution in [0.3, 0.4) is 0 Å². The van der Waals surface area contributed by atoms with E-state index in [1.165, 1.54) is 0 Å². The number of hydrogen-bond donors (Lipinski definition) is 1. The van der Waals surface area contributed by atoms with Gasteiger partial charge in [0.05, 0.1) is 5.56 Å². The van der Waals surface area contributed by atoms with Gasteiger partial charge < -0.3 is 0 Å². The molecule has 86 valence electrons. The summed E-state index contributed by atoms with van der Waals surface area (Å²) in [6.45, 7) is 2.01. The van der Waals surface area contributed by atoms with Crippen molar-refractivity contribution in [3.63, 3.8) is 0 Å². The van der Waals surface area contributed by atoms with Crippen molar-refractivity contribution in [1.29, 1.82) is 0 Å². The van der Waals surface area contributed by atoms with Gasteiger partial charge in [0.15, 0.2) is 0 Å². The van der Waals surface area contributed by atoms with E-state index in [-0.39, 0.29) is 0 Å². The lowest BCUT2D eigenvalue weighted by atomic mass is 9.99. The molecule has 0 saturated carbocycles. The fourth-order valence-corrected chi connectivity index (χ4v) is 1.76. The summed E-state index contributed by atoms with van der Waals surface area (Å²) in [5, 5.41) is 8.35. The molecule has 0 bridgehead atoms. The molecule has 2 aromatic rings. The minimum atomic E-state index is -0.750. The molecule has 0 heterocycles. The molecule has 1 N–H and O–H groups in total. The van der Waals surface area contributed by atoms with E-state index in [9.17, 15) is 4.79 Å². The van der Waals surface area contributed by atoms with E-state index >= 15 is 0 Å². The monoisotopic (exact) mass is 228 g/mol. The van der Waals surface area contributed by atoms with Crippen LogP contribution in [0.5, 0.6) is 0 Å². The van der Waals surface area contributed by atoms with Crippen LogP contribution in [-0.2, 0) is 4.89 Å². The fourth-order valence-electron chi connectivity index (χ4n) is 1.76. The minimum absolute atomic E-state index is 0.327. The Bertz CT molecular complexity index is 547. The number of aryl methyl sites for hydroxylation is 1. The van der Waals surface area contributed by atoms with Crippen LogP contribution in [-0.4, -0.2) is 11.2 Å². The third-order valence-corrected chi connectivity index (χ3v) is 2.64. The summed E-state index contributed by atoms with van der Waals surface area (Å²) in [5.74, 6) is -0.750. The summed E-state index contributed by atoms with van der Waals surface area (Å²) >= 11 is 0. The second-order valence-electron chi connectivity index (χ2n) is 3.77. The molecular weight excluding hydrogens is 216 g/mol. The van der Waals surface area contributed by atoms with Crippen LogP contribution in [0.4, 0.5) is 0 Å². The van der Waals surface area contributed by atoms with Gasteiger partial charge in [0.2, 0.25) is 0 Å². The SMILES string of the molecule is Cc1ccccc1-c1cccc(C(=O)OO)c1. The maximum atomic E-state index is 11.2. The number of rotatable bonds is 2. The normalized spacial score (nSPS) is 10.0. The number of hydrogen-bond acceptors (Lipinski definition) is 3. The van der Waals surface area contributed by atoms with Crippen molar-refractivity contribution in [3.05, 3.63) is 59.7 Å². The Morgan fingerprint density at radius 1 is 1.12 bits per heavy atom. The van der Waals surface area contributed by atoms with Crippen molar-refractivity contribution < 1.29 is 14.9 Å². The molecule has 3 nitrogen and oxygen atoms in total. The summed E-state index contributed by atoms with van der Waals surface area (Å²) in [7, 11) is 0. The highest BCUT2D eigenvalue weighted by molar-refractivity contribution is 5.90. The van der Waals surface area contributed by atoms with E-state index in [4.69, 9.17) is 5.26 Å². The van der Waals surface area contributed by atoms with Crippen LogP contribution >= 0.6 is 0 Å². The van der Waals surface area contributed by atoms with E-state index in [0.717, 1.165) is 16.7 Å². The molecule has 0 saturated heterocycles. The lowest BCUT2D eigenvalue weighted by Crippen LogP contribution is -2.01. The second kappa shape index (κ2) is 4.80. The standard InChI is InChI=1S/C14H12O3/c1-10-5-2-3-8-13(10)11-6-4-7-12(9-11)14(15)17-16/h2-9,16H,1H3. The molecule has 2 aromatic carbocycles. The van der Waals surface area contributed by atoms with Crippen LogP contribution in [0, 0.1) is 6.92 Å². The van der Waals surface area contributed by atoms with Crippen LogP contribution in [0.15, 0.2) is 48.5 Å². The largest absolute Gasteiger partial charge is 0.372 e. The van der Waals surface area contributed by atoms with Gasteiger partial charge in [0.25, 0.3) is 0 Å². The first-order valence-corrected chi connectivity index (χ1v) is 5.24. The third kappa shape index (κ3) is 2.34. The van der Waals surface area contributed by atoms with Gasteiger partial charge in [-0.05, 0) is 35.7 Å². The Morgan fingerprint density at radius 3 is 2.59 bits per heavy atom. The fraction of sp³-hybridized carbons (Fsp3) is 0.0714. The quantitative estimate of drug-likeness (QED) is 0.633. The average Bonchev–Trinajstić information content (AvgIpc) is 2.38. The molecule has 0 spiro atoms. The highest BCUT2D eigenvalue weighted by Crippen LogP contribution is 2.23. The summed E-state index contributed by atoms with van der Waals surface area (Å²) in [6.07, 6.45) is 0. The van der Waals surface area contributed by atoms with Gasteiger partial charge in [0, 0.05) is 0 Å². The lowest BCUT2D eigenvalue weighted by Gasteiger charge is -2.06. The molecule has 0 atom stereocenters. The van der Waals surface area contributed by atoms with Gasteiger partial charge in [-0.3, -0.25) is 4.89 Å². The number of carbonyl (C=O) groups is 1. The van der Waals surface area contributed by atoms with Crippen LogP contribution in [0.25, 0.3) is 11.1 Å². The molecule has 2 rings (SSSR count). The Labute approximate surface area is 99.2 Å². The number of carbonyl (C=O) groups excluding carboxylic acids is 1. The summed E-state index contributed by atoms with van der Waals surface area (Å²) in [5.41, 5.74) is 3.43. The van der Waals surface area contributed by atoms with E-state index in [0.29, 0.717) is 5.56 Å². The lowest BCUT2D eigenvalue weighted by molar-refractivity contribution is -0.182. The predicted octanol–water partition coefficient (Wildman–Crippen LogP) is 3.29. The average molecular weight is 228 g/mol. The summed E-state index contributed by atoms with van der Waals surface area (Å²) in [4.78, 5) is 14.9. The van der Waals surface area contributed by atoms with E-state index in [2.05, 4.69) is 4.89 Å². The summed E-state index contributed by atoms with van der Waals surface area (Å²) < 4.78 is 0. The highest BCUT2D eigenvalue weighted by Gasteiger charge is 2.08. The minimum Gasteiger partial charge on any atom is -0.296 e. The molecule has 0 aliphatic rings. The zero-order valence-electron chi connectivity index (χ0n) is 9.38. The molecular formula is C14H12O3. The van der Waals surface area contributed by atoms with Crippen molar-refractivity contribution in [2.24, 2.45) is 0 Å². The highest BCUT2D eigenvalue weighted by atomic mass is 17.1. The van der Waals surface area contributed by atoms with Gasteiger partial charge in [-0.2, -0.15) is 5.26 Å². The van der Waals surface area contributed by atoms with Crippen molar-refractivity contribution >= 4 is 5.97 Å². The Balaban J connectivity index is 2.47. The van der Waals surface area contributed by atoms with Gasteiger partial charge in [-0.1, -0.05) is 36.4 Å². The van der Waals surface area contributed by atoms with Gasteiger partial charge >= 0.3 is 5.97 Å². The summed E-state index contributed by atoms with van der Waals surface area (Å²) in [6, 6.07) is 14.9. The molecule has 0 amide bonds. The van der Waals surface area contributed by atoms with E-state index < -0.39 is 5.97 Å². The Hall–Kier alpha value is -2.13. The zero-order chi connectivity index (χ0) is 12.3. The smallest absolute Gasteiger partial charge is 0.296 e. The van der Waals surface area contributed by atoms with Crippen molar-refractivity contribution in [2.45, 2.75) is 6.92 Å². The molecule has 0 radical (unpaired) electrons. The Kier molecular flexibility index (Phi) is 3.21. The van der Waals surface area contributed by atoms with Crippen LogP contribution < -0.4 is 0 Å². The molecule has 0 aliphatic carbocycles. The molecule has 3 heteroatoms. The first-order chi connectivity index (χ1) is 8.22. The maximum Gasteiger partial charge on any atom is 0.372 e. The Morgan fingerprint density at radius 2 is 1.88 bits per heavy atom. The molecule has 0 aliphatic heterocycles. The third-order valence-electron chi connectivity index (χ3n) is 2.64. The second-order valence-corrected chi connectivity index (χ2v) is 3.77. The van der Waals surface area contributed by atoms with E-state index in [1.54, 1.807) is 18.2 Å². The van der Waals surface area contributed by atoms with Gasteiger partial charge in [-0.15, -0.1) is 0 Å². The molecule has 0 unspecified atom stereocenters. The van der Waals surface area contributed by atoms with Gasteiger partial charge in [-0.25, -0.2) is 4.79 Å². The molecule has 0 aromatic heterocycles. The van der Waals surface area contributed by atoms with Crippen molar-refractivity contribution in [2.75, 3.05) is 0 Å². The maximum absolute atomic E-state index is 11.2. The van der Waals surface area contributed by atoms with E-state index in [1.807, 2.05) is 37.3 Å². The zero-order valence-corrected chi connectivity index (χ0v) is 9.38. The van der Waals surface area contributed by atoms with Crippen LogP contribution in [0.1, 0.15) is 15.9 Å². The first kappa shape index (κ1) is 11.4. The first-order valence-electron chi connectivity index (χ1n) is 5.24. The van der Waals surface area contributed by atoms with Crippen LogP contribution in [0.2, 0.25) is 0 Å². The topological polar surface area (TPSA) is 46.5 Å². The molecule has 17 heavy (non-hydrogen) atoms. The molecule has 0 fully saturated rings. The number of benzene rings is 2. The predicted molar refractivity (Wildman–Crippen MR) is 64.7 cm³/mol.